The van der Waals surface area contributed by atoms with E-state index in [4.69, 9.17) is 0 Å². The van der Waals surface area contributed by atoms with Crippen molar-refractivity contribution >= 4 is 0 Å². The highest BCUT2D eigenvalue weighted by molar-refractivity contribution is 5.23. The fourth-order valence-electron chi connectivity index (χ4n) is 3.05. The lowest BCUT2D eigenvalue weighted by molar-refractivity contribution is -0.192. The SMILES string of the molecule is CC(C(F)(F)F)C1(C)C(C)(C)C1(C)C. The normalized spacial score (nSPS) is 29.8. The summed E-state index contributed by atoms with van der Waals surface area (Å²) in [6.45, 7) is 10.8. The van der Waals surface area contributed by atoms with Crippen LogP contribution in [0.1, 0.15) is 41.5 Å². The molecule has 1 aliphatic rings. The number of rotatable bonds is 1. The lowest BCUT2D eigenvalue weighted by atomic mass is 9.83. The molecule has 0 spiro atoms. The van der Waals surface area contributed by atoms with Gasteiger partial charge in [-0.3, -0.25) is 0 Å². The van der Waals surface area contributed by atoms with Gasteiger partial charge in [-0.25, -0.2) is 0 Å². The minimum atomic E-state index is -4.08. The topological polar surface area (TPSA) is 0 Å². The van der Waals surface area contributed by atoms with Gasteiger partial charge < -0.3 is 0 Å². The van der Waals surface area contributed by atoms with Crippen LogP contribution in [-0.2, 0) is 0 Å². The number of hydrogen-bond acceptors (Lipinski definition) is 0. The van der Waals surface area contributed by atoms with Crippen LogP contribution >= 0.6 is 0 Å². The lowest BCUT2D eigenvalue weighted by Gasteiger charge is -2.26. The van der Waals surface area contributed by atoms with Crippen LogP contribution in [0.25, 0.3) is 0 Å². The van der Waals surface area contributed by atoms with E-state index in [9.17, 15) is 13.2 Å². The highest BCUT2D eigenvalue weighted by Crippen LogP contribution is 2.81. The molecule has 0 N–H and O–H groups in total. The summed E-state index contributed by atoms with van der Waals surface area (Å²) >= 11 is 0. The van der Waals surface area contributed by atoms with Gasteiger partial charge in [-0.15, -0.1) is 0 Å². The second-order valence-electron chi connectivity index (χ2n) is 5.72. The zero-order chi connectivity index (χ0) is 11.6. The molecule has 0 aliphatic heterocycles. The Morgan fingerprint density at radius 1 is 0.857 bits per heavy atom. The number of halogens is 3. The van der Waals surface area contributed by atoms with Crippen LogP contribution in [-0.4, -0.2) is 6.18 Å². The van der Waals surface area contributed by atoms with E-state index < -0.39 is 17.5 Å². The van der Waals surface area contributed by atoms with Crippen molar-refractivity contribution in [2.45, 2.75) is 47.7 Å². The molecule has 84 valence electrons. The van der Waals surface area contributed by atoms with Crippen molar-refractivity contribution in [2.24, 2.45) is 22.2 Å². The van der Waals surface area contributed by atoms with Crippen molar-refractivity contribution in [3.05, 3.63) is 0 Å². The molecule has 0 bridgehead atoms. The minimum absolute atomic E-state index is 0.241. The Morgan fingerprint density at radius 3 is 1.21 bits per heavy atom. The van der Waals surface area contributed by atoms with E-state index in [-0.39, 0.29) is 10.8 Å². The molecule has 0 heterocycles. The summed E-state index contributed by atoms with van der Waals surface area (Å²) in [7, 11) is 0. The third-order valence-corrected chi connectivity index (χ3v) is 5.45. The van der Waals surface area contributed by atoms with Crippen molar-refractivity contribution in [1.82, 2.24) is 0 Å². The van der Waals surface area contributed by atoms with Crippen LogP contribution in [0.2, 0.25) is 0 Å². The van der Waals surface area contributed by atoms with Gasteiger partial charge >= 0.3 is 6.18 Å². The molecule has 1 aliphatic carbocycles. The molecular formula is C11H19F3. The van der Waals surface area contributed by atoms with Gasteiger partial charge in [0.15, 0.2) is 0 Å². The Hall–Kier alpha value is -0.210. The average Bonchev–Trinajstić information content (AvgIpc) is 2.26. The summed E-state index contributed by atoms with van der Waals surface area (Å²) in [5.74, 6) is -1.24. The molecular weight excluding hydrogens is 189 g/mol. The fourth-order valence-corrected chi connectivity index (χ4v) is 3.05. The van der Waals surface area contributed by atoms with E-state index in [1.165, 1.54) is 6.92 Å². The first-order chi connectivity index (χ1) is 5.90. The van der Waals surface area contributed by atoms with E-state index >= 15 is 0 Å². The largest absolute Gasteiger partial charge is 0.392 e. The second kappa shape index (κ2) is 2.48. The smallest absolute Gasteiger partial charge is 0.171 e. The zero-order valence-corrected chi connectivity index (χ0v) is 9.71. The van der Waals surface area contributed by atoms with Crippen molar-refractivity contribution in [2.75, 3.05) is 0 Å². The summed E-state index contributed by atoms with van der Waals surface area (Å²) in [6, 6.07) is 0. The molecule has 1 saturated carbocycles. The van der Waals surface area contributed by atoms with E-state index in [2.05, 4.69) is 0 Å². The summed E-state index contributed by atoms with van der Waals surface area (Å²) in [6.07, 6.45) is -4.08. The van der Waals surface area contributed by atoms with E-state index in [1.807, 2.05) is 27.7 Å². The van der Waals surface area contributed by atoms with Crippen molar-refractivity contribution < 1.29 is 13.2 Å². The summed E-state index contributed by atoms with van der Waals surface area (Å²) < 4.78 is 38.0. The van der Waals surface area contributed by atoms with Gasteiger partial charge in [0.1, 0.15) is 0 Å². The summed E-state index contributed by atoms with van der Waals surface area (Å²) in [4.78, 5) is 0. The van der Waals surface area contributed by atoms with Crippen LogP contribution in [0.5, 0.6) is 0 Å². The van der Waals surface area contributed by atoms with Gasteiger partial charge in [0.05, 0.1) is 5.92 Å². The van der Waals surface area contributed by atoms with Crippen LogP contribution < -0.4 is 0 Å². The summed E-state index contributed by atoms with van der Waals surface area (Å²) in [5.41, 5.74) is -1.12. The highest BCUT2D eigenvalue weighted by Gasteiger charge is 2.78. The van der Waals surface area contributed by atoms with Gasteiger partial charge in [0, 0.05) is 0 Å². The third-order valence-electron chi connectivity index (χ3n) is 5.45. The second-order valence-corrected chi connectivity index (χ2v) is 5.72. The first kappa shape index (κ1) is 11.9. The molecule has 1 fully saturated rings. The van der Waals surface area contributed by atoms with E-state index in [0.29, 0.717) is 0 Å². The van der Waals surface area contributed by atoms with Crippen LogP contribution in [0.15, 0.2) is 0 Å². The molecule has 0 aromatic carbocycles. The quantitative estimate of drug-likeness (QED) is 0.604. The van der Waals surface area contributed by atoms with E-state index in [0.717, 1.165) is 0 Å². The first-order valence-electron chi connectivity index (χ1n) is 4.97. The predicted molar refractivity (Wildman–Crippen MR) is 50.9 cm³/mol. The van der Waals surface area contributed by atoms with Gasteiger partial charge in [-0.2, -0.15) is 13.2 Å². The predicted octanol–water partition coefficient (Wildman–Crippen LogP) is 4.26. The molecule has 0 amide bonds. The Labute approximate surface area is 83.9 Å². The Morgan fingerprint density at radius 2 is 1.14 bits per heavy atom. The number of alkyl halides is 3. The molecule has 1 atom stereocenters. The maximum atomic E-state index is 12.7. The molecule has 0 saturated heterocycles. The fraction of sp³-hybridized carbons (Fsp3) is 1.00. The monoisotopic (exact) mass is 208 g/mol. The molecule has 14 heavy (non-hydrogen) atoms. The number of hydrogen-bond donors (Lipinski definition) is 0. The molecule has 0 nitrogen and oxygen atoms in total. The maximum absolute atomic E-state index is 12.7. The third kappa shape index (κ3) is 1.01. The first-order valence-corrected chi connectivity index (χ1v) is 4.97. The van der Waals surface area contributed by atoms with Crippen LogP contribution in [0, 0.1) is 22.2 Å². The van der Waals surface area contributed by atoms with Crippen LogP contribution in [0.3, 0.4) is 0 Å². The van der Waals surface area contributed by atoms with E-state index in [1.54, 1.807) is 6.92 Å². The molecule has 1 unspecified atom stereocenters. The van der Waals surface area contributed by atoms with Gasteiger partial charge in [0.25, 0.3) is 0 Å². The van der Waals surface area contributed by atoms with Gasteiger partial charge in [-0.05, 0) is 16.2 Å². The molecule has 1 rings (SSSR count). The highest BCUT2D eigenvalue weighted by atomic mass is 19.4. The standard InChI is InChI=1S/C11H19F3/c1-7(11(12,13)14)10(6)8(2,3)9(10,4)5/h7H,1-6H3. The molecule has 0 aromatic heterocycles. The van der Waals surface area contributed by atoms with Crippen molar-refractivity contribution in [3.63, 3.8) is 0 Å². The maximum Gasteiger partial charge on any atom is 0.392 e. The molecule has 0 radical (unpaired) electrons. The molecule has 0 aromatic rings. The molecule has 3 heteroatoms. The van der Waals surface area contributed by atoms with Crippen molar-refractivity contribution in [1.29, 1.82) is 0 Å². The Balaban J connectivity index is 3.03. The lowest BCUT2D eigenvalue weighted by Crippen LogP contribution is -2.31. The van der Waals surface area contributed by atoms with Crippen molar-refractivity contribution in [3.8, 4) is 0 Å². The Bertz CT molecular complexity index is 234. The Kier molecular flexibility index (Phi) is 2.10. The van der Waals surface area contributed by atoms with Crippen LogP contribution in [0.4, 0.5) is 13.2 Å². The van der Waals surface area contributed by atoms with Gasteiger partial charge in [-0.1, -0.05) is 41.5 Å². The zero-order valence-electron chi connectivity index (χ0n) is 9.71. The average molecular weight is 208 g/mol. The minimum Gasteiger partial charge on any atom is -0.171 e. The van der Waals surface area contributed by atoms with Gasteiger partial charge in [0.2, 0.25) is 0 Å². The summed E-state index contributed by atoms with van der Waals surface area (Å²) in [5, 5.41) is 0.